The zero-order valence-electron chi connectivity index (χ0n) is 7.72. The van der Waals surface area contributed by atoms with Gasteiger partial charge in [0, 0.05) is 7.05 Å². The molecule has 0 amide bonds. The minimum absolute atomic E-state index is 0.0403. The van der Waals surface area contributed by atoms with Crippen molar-refractivity contribution in [1.29, 1.82) is 0 Å². The molecule has 0 aliphatic rings. The molecule has 0 saturated carbocycles. The van der Waals surface area contributed by atoms with Gasteiger partial charge in [-0.1, -0.05) is 11.6 Å². The van der Waals surface area contributed by atoms with Gasteiger partial charge in [0.15, 0.2) is 5.82 Å². The summed E-state index contributed by atoms with van der Waals surface area (Å²) in [5, 5.41) is -0.0794. The molecule has 0 saturated heterocycles. The van der Waals surface area contributed by atoms with E-state index >= 15 is 0 Å². The summed E-state index contributed by atoms with van der Waals surface area (Å²) in [5.74, 6) is -0.0859. The Morgan fingerprint density at radius 1 is 1.47 bits per heavy atom. The van der Waals surface area contributed by atoms with Crippen LogP contribution in [0.2, 0.25) is 5.02 Å². The van der Waals surface area contributed by atoms with E-state index in [1.54, 1.807) is 0 Å². The first kappa shape index (κ1) is 11.8. The van der Waals surface area contributed by atoms with E-state index in [0.717, 1.165) is 11.2 Å². The van der Waals surface area contributed by atoms with Crippen molar-refractivity contribution in [3.05, 3.63) is 11.3 Å². The molecule has 0 atom stereocenters. The van der Waals surface area contributed by atoms with E-state index in [0.29, 0.717) is 0 Å². The number of nitrogen functional groups attached to an aromatic ring is 1. The number of nitrogens with zero attached hydrogens (tertiary/aromatic N) is 3. The molecule has 8 heteroatoms. The van der Waals surface area contributed by atoms with E-state index in [1.807, 2.05) is 0 Å². The molecular weight excluding hydrogens is 233 g/mol. The molecule has 84 valence electrons. The van der Waals surface area contributed by atoms with Gasteiger partial charge < -0.3 is 10.6 Å². The van der Waals surface area contributed by atoms with Crippen LogP contribution in [0.4, 0.5) is 24.8 Å². The van der Waals surface area contributed by atoms with Crippen LogP contribution in [0, 0.1) is 0 Å². The minimum atomic E-state index is -4.32. The lowest BCUT2D eigenvalue weighted by Crippen LogP contribution is -2.31. The van der Waals surface area contributed by atoms with E-state index in [9.17, 15) is 13.2 Å². The smallest absolute Gasteiger partial charge is 0.382 e. The van der Waals surface area contributed by atoms with E-state index in [1.165, 1.54) is 7.05 Å². The second kappa shape index (κ2) is 4.09. The quantitative estimate of drug-likeness (QED) is 0.855. The Hall–Kier alpha value is -1.24. The molecule has 0 aliphatic heterocycles. The molecule has 0 bridgehead atoms. The van der Waals surface area contributed by atoms with Crippen LogP contribution in [0.15, 0.2) is 6.33 Å². The lowest BCUT2D eigenvalue weighted by Gasteiger charge is -2.20. The lowest BCUT2D eigenvalue weighted by molar-refractivity contribution is -0.119. The molecule has 1 aromatic heterocycles. The van der Waals surface area contributed by atoms with E-state index in [4.69, 9.17) is 17.3 Å². The maximum Gasteiger partial charge on any atom is 0.405 e. The van der Waals surface area contributed by atoms with Gasteiger partial charge in [0.05, 0.1) is 0 Å². The first-order valence-electron chi connectivity index (χ1n) is 3.85. The molecule has 1 aromatic rings. The molecule has 1 heterocycles. The fraction of sp³-hybridized carbons (Fsp3) is 0.429. The van der Waals surface area contributed by atoms with Crippen LogP contribution in [0.1, 0.15) is 0 Å². The summed E-state index contributed by atoms with van der Waals surface area (Å²) in [5.41, 5.74) is 5.33. The van der Waals surface area contributed by atoms with Crippen molar-refractivity contribution in [3.63, 3.8) is 0 Å². The Morgan fingerprint density at radius 2 is 2.07 bits per heavy atom. The molecular formula is C7H8ClF3N4. The number of halogens is 4. The van der Waals surface area contributed by atoms with Gasteiger partial charge in [-0.15, -0.1) is 0 Å². The van der Waals surface area contributed by atoms with Crippen molar-refractivity contribution in [3.8, 4) is 0 Å². The maximum atomic E-state index is 12.1. The Morgan fingerprint density at radius 3 is 2.60 bits per heavy atom. The SMILES string of the molecule is CN(CC(F)(F)F)c1ncnc(N)c1Cl. The molecule has 4 nitrogen and oxygen atoms in total. The summed E-state index contributed by atoms with van der Waals surface area (Å²) in [4.78, 5) is 8.03. The highest BCUT2D eigenvalue weighted by Gasteiger charge is 2.30. The first-order chi connectivity index (χ1) is 6.81. The van der Waals surface area contributed by atoms with Gasteiger partial charge in [-0.2, -0.15) is 13.2 Å². The molecule has 0 spiro atoms. The molecule has 0 fully saturated rings. The third-order valence-electron chi connectivity index (χ3n) is 1.58. The highest BCUT2D eigenvalue weighted by molar-refractivity contribution is 6.35. The van der Waals surface area contributed by atoms with Crippen LogP contribution in [0.25, 0.3) is 0 Å². The van der Waals surface area contributed by atoms with E-state index < -0.39 is 12.7 Å². The van der Waals surface area contributed by atoms with Gasteiger partial charge >= 0.3 is 6.18 Å². The Bertz CT molecular complexity index is 355. The zero-order valence-corrected chi connectivity index (χ0v) is 8.47. The van der Waals surface area contributed by atoms with Crippen molar-refractivity contribution in [2.24, 2.45) is 0 Å². The fourth-order valence-corrected chi connectivity index (χ4v) is 1.23. The number of anilines is 2. The van der Waals surface area contributed by atoms with Gasteiger partial charge in [-0.05, 0) is 0 Å². The third-order valence-corrected chi connectivity index (χ3v) is 1.94. The van der Waals surface area contributed by atoms with Gasteiger partial charge in [-0.3, -0.25) is 0 Å². The summed E-state index contributed by atoms with van der Waals surface area (Å²) in [7, 11) is 1.22. The predicted molar refractivity (Wildman–Crippen MR) is 50.8 cm³/mol. The topological polar surface area (TPSA) is 55.0 Å². The second-order valence-corrected chi connectivity index (χ2v) is 3.25. The van der Waals surface area contributed by atoms with Crippen LogP contribution < -0.4 is 10.6 Å². The highest BCUT2D eigenvalue weighted by atomic mass is 35.5. The number of aromatic nitrogens is 2. The van der Waals surface area contributed by atoms with Crippen LogP contribution in [0.3, 0.4) is 0 Å². The standard InChI is InChI=1S/C7H8ClF3N4/c1-15(2-7(9,10)11)6-4(8)5(12)13-3-14-6/h3H,2H2,1H3,(H2,12,13,14). The Labute approximate surface area is 88.9 Å². The van der Waals surface area contributed by atoms with Crippen molar-refractivity contribution in [1.82, 2.24) is 9.97 Å². The van der Waals surface area contributed by atoms with Crippen LogP contribution in [-0.4, -0.2) is 29.7 Å². The van der Waals surface area contributed by atoms with Crippen LogP contribution in [-0.2, 0) is 0 Å². The number of hydrogen-bond donors (Lipinski definition) is 1. The third kappa shape index (κ3) is 3.12. The summed E-state index contributed by atoms with van der Waals surface area (Å²) < 4.78 is 36.2. The maximum absolute atomic E-state index is 12.1. The van der Waals surface area contributed by atoms with E-state index in [2.05, 4.69) is 9.97 Å². The minimum Gasteiger partial charge on any atom is -0.382 e. The Kier molecular flexibility index (Phi) is 3.23. The molecule has 0 aromatic carbocycles. The number of rotatable bonds is 2. The number of nitrogens with two attached hydrogens (primary N) is 1. The number of hydrogen-bond acceptors (Lipinski definition) is 4. The van der Waals surface area contributed by atoms with Gasteiger partial charge in [0.25, 0.3) is 0 Å². The van der Waals surface area contributed by atoms with Crippen molar-refractivity contribution < 1.29 is 13.2 Å². The average molecular weight is 241 g/mol. The zero-order chi connectivity index (χ0) is 11.6. The van der Waals surface area contributed by atoms with Gasteiger partial charge in [0.2, 0.25) is 0 Å². The predicted octanol–water partition coefficient (Wildman–Crippen LogP) is 1.71. The Balaban J connectivity index is 2.92. The van der Waals surface area contributed by atoms with Crippen molar-refractivity contribution in [2.75, 3.05) is 24.2 Å². The summed E-state index contributed by atoms with van der Waals surface area (Å²) in [6, 6.07) is 0. The lowest BCUT2D eigenvalue weighted by atomic mass is 10.4. The monoisotopic (exact) mass is 240 g/mol. The van der Waals surface area contributed by atoms with Crippen LogP contribution in [0.5, 0.6) is 0 Å². The van der Waals surface area contributed by atoms with Crippen LogP contribution >= 0.6 is 11.6 Å². The van der Waals surface area contributed by atoms with Crippen molar-refractivity contribution in [2.45, 2.75) is 6.18 Å². The molecule has 0 unspecified atom stereocenters. The van der Waals surface area contributed by atoms with E-state index in [-0.39, 0.29) is 16.7 Å². The number of alkyl halides is 3. The summed E-state index contributed by atoms with van der Waals surface area (Å²) in [6.07, 6.45) is -3.26. The normalized spacial score (nSPS) is 11.5. The molecule has 0 aliphatic carbocycles. The first-order valence-corrected chi connectivity index (χ1v) is 4.23. The second-order valence-electron chi connectivity index (χ2n) is 2.87. The highest BCUT2D eigenvalue weighted by Crippen LogP contribution is 2.28. The fourth-order valence-electron chi connectivity index (χ4n) is 0.984. The molecule has 15 heavy (non-hydrogen) atoms. The molecule has 0 radical (unpaired) electrons. The van der Waals surface area contributed by atoms with Gasteiger partial charge in [0.1, 0.15) is 23.7 Å². The summed E-state index contributed by atoms with van der Waals surface area (Å²) in [6.45, 7) is -1.15. The summed E-state index contributed by atoms with van der Waals surface area (Å²) >= 11 is 5.66. The molecule has 2 N–H and O–H groups in total. The molecule has 1 rings (SSSR count). The van der Waals surface area contributed by atoms with Gasteiger partial charge in [-0.25, -0.2) is 9.97 Å². The largest absolute Gasteiger partial charge is 0.405 e. The average Bonchev–Trinajstić information content (AvgIpc) is 2.06. The van der Waals surface area contributed by atoms with Crippen molar-refractivity contribution >= 4 is 23.2 Å².